The summed E-state index contributed by atoms with van der Waals surface area (Å²) in [4.78, 5) is 11.7. The third-order valence-electron chi connectivity index (χ3n) is 2.26. The summed E-state index contributed by atoms with van der Waals surface area (Å²) in [6, 6.07) is 4.17. The Kier molecular flexibility index (Phi) is 5.06. The Morgan fingerprint density at radius 2 is 2.00 bits per heavy atom. The van der Waals surface area contributed by atoms with Crippen LogP contribution in [0.25, 0.3) is 0 Å². The molecule has 1 aromatic rings. The van der Waals surface area contributed by atoms with Gasteiger partial charge in [-0.05, 0) is 30.7 Å². The zero-order valence-corrected chi connectivity index (χ0v) is 10.1. The van der Waals surface area contributed by atoms with Crippen LogP contribution in [0.1, 0.15) is 15.9 Å². The van der Waals surface area contributed by atoms with Gasteiger partial charge in [-0.1, -0.05) is 0 Å². The monoisotopic (exact) mass is 241 g/mol. The molecule has 0 bridgehead atoms. The van der Waals surface area contributed by atoms with E-state index in [1.54, 1.807) is 13.0 Å². The molecule has 0 fully saturated rings. The number of amides is 1. The molecule has 1 N–H and O–H groups in total. The van der Waals surface area contributed by atoms with E-state index >= 15 is 0 Å². The molecule has 0 aliphatic carbocycles. The highest BCUT2D eigenvalue weighted by Gasteiger charge is 2.10. The Labute approximate surface area is 99.7 Å². The van der Waals surface area contributed by atoms with E-state index in [0.29, 0.717) is 5.56 Å². The molecule has 17 heavy (non-hydrogen) atoms. The number of carbonyl (C=O) groups is 1. The molecule has 94 valence electrons. The number of methoxy groups -OCH3 is 2. The lowest BCUT2D eigenvalue weighted by atomic mass is 10.1. The first-order chi connectivity index (χ1) is 8.06. The van der Waals surface area contributed by atoms with Crippen LogP contribution in [-0.4, -0.2) is 33.0 Å². The van der Waals surface area contributed by atoms with Gasteiger partial charge in [-0.25, -0.2) is 4.39 Å². The van der Waals surface area contributed by atoms with Crippen molar-refractivity contribution >= 4 is 5.91 Å². The van der Waals surface area contributed by atoms with Crippen molar-refractivity contribution in [3.63, 3.8) is 0 Å². The van der Waals surface area contributed by atoms with Gasteiger partial charge in [-0.3, -0.25) is 4.79 Å². The van der Waals surface area contributed by atoms with Crippen LogP contribution in [0.5, 0.6) is 0 Å². The molecule has 5 heteroatoms. The minimum absolute atomic E-state index is 0.210. The molecule has 1 aromatic carbocycles. The SMILES string of the molecule is COC(CNC(=O)c1cc(C)cc(F)c1)OC. The van der Waals surface area contributed by atoms with Crippen LogP contribution in [0.3, 0.4) is 0 Å². The maximum Gasteiger partial charge on any atom is 0.251 e. The summed E-state index contributed by atoms with van der Waals surface area (Å²) in [6.45, 7) is 1.94. The number of benzene rings is 1. The topological polar surface area (TPSA) is 47.6 Å². The normalized spacial score (nSPS) is 10.6. The summed E-state index contributed by atoms with van der Waals surface area (Å²) in [5.74, 6) is -0.781. The van der Waals surface area contributed by atoms with Crippen LogP contribution in [0.4, 0.5) is 4.39 Å². The zero-order valence-electron chi connectivity index (χ0n) is 10.1. The summed E-state index contributed by atoms with van der Waals surface area (Å²) >= 11 is 0. The van der Waals surface area contributed by atoms with Crippen molar-refractivity contribution < 1.29 is 18.7 Å². The molecule has 0 aliphatic rings. The molecular formula is C12H16FNO3. The Morgan fingerprint density at radius 1 is 1.35 bits per heavy atom. The molecule has 1 amide bonds. The minimum Gasteiger partial charge on any atom is -0.354 e. The largest absolute Gasteiger partial charge is 0.354 e. The Bertz CT molecular complexity index is 371. The second-order valence-corrected chi connectivity index (χ2v) is 3.63. The van der Waals surface area contributed by atoms with Crippen LogP contribution in [-0.2, 0) is 9.47 Å². The number of carbonyl (C=O) groups excluding carboxylic acids is 1. The van der Waals surface area contributed by atoms with Crippen molar-refractivity contribution in [1.29, 1.82) is 0 Å². The first kappa shape index (κ1) is 13.6. The lowest BCUT2D eigenvalue weighted by Gasteiger charge is -2.14. The molecule has 0 aromatic heterocycles. The summed E-state index contributed by atoms with van der Waals surface area (Å²) in [5, 5.41) is 2.60. The number of hydrogen-bond acceptors (Lipinski definition) is 3. The Hall–Kier alpha value is -1.46. The second-order valence-electron chi connectivity index (χ2n) is 3.63. The minimum atomic E-state index is -0.506. The zero-order chi connectivity index (χ0) is 12.8. The second kappa shape index (κ2) is 6.32. The van der Waals surface area contributed by atoms with Crippen LogP contribution in [0, 0.1) is 12.7 Å². The summed E-state index contributed by atoms with van der Waals surface area (Å²) < 4.78 is 22.9. The van der Waals surface area contributed by atoms with Gasteiger partial charge < -0.3 is 14.8 Å². The highest BCUT2D eigenvalue weighted by atomic mass is 19.1. The van der Waals surface area contributed by atoms with Crippen molar-refractivity contribution in [2.75, 3.05) is 20.8 Å². The lowest BCUT2D eigenvalue weighted by molar-refractivity contribution is -0.0974. The number of aryl methyl sites for hydroxylation is 1. The van der Waals surface area contributed by atoms with Crippen LogP contribution < -0.4 is 5.32 Å². The van der Waals surface area contributed by atoms with Crippen molar-refractivity contribution in [1.82, 2.24) is 5.32 Å². The van der Waals surface area contributed by atoms with Gasteiger partial charge in [-0.15, -0.1) is 0 Å². The fourth-order valence-corrected chi connectivity index (χ4v) is 1.41. The van der Waals surface area contributed by atoms with Crippen LogP contribution >= 0.6 is 0 Å². The van der Waals surface area contributed by atoms with E-state index in [-0.39, 0.29) is 18.0 Å². The molecule has 0 saturated heterocycles. The van der Waals surface area contributed by atoms with Gasteiger partial charge in [0.25, 0.3) is 5.91 Å². The molecule has 1 rings (SSSR count). The van der Waals surface area contributed by atoms with E-state index in [0.717, 1.165) is 0 Å². The first-order valence-corrected chi connectivity index (χ1v) is 5.17. The van der Waals surface area contributed by atoms with Crippen molar-refractivity contribution in [3.8, 4) is 0 Å². The van der Waals surface area contributed by atoms with Crippen molar-refractivity contribution in [2.45, 2.75) is 13.2 Å². The van der Waals surface area contributed by atoms with E-state index in [1.807, 2.05) is 0 Å². The molecule has 0 aliphatic heterocycles. The van der Waals surface area contributed by atoms with Gasteiger partial charge in [0.1, 0.15) is 5.82 Å². The number of halogens is 1. The number of hydrogen-bond donors (Lipinski definition) is 1. The van der Waals surface area contributed by atoms with E-state index in [1.165, 1.54) is 26.4 Å². The standard InChI is InChI=1S/C12H16FNO3/c1-8-4-9(6-10(13)5-8)12(15)14-7-11(16-2)17-3/h4-6,11H,7H2,1-3H3,(H,14,15). The van der Waals surface area contributed by atoms with E-state index < -0.39 is 12.1 Å². The molecule has 0 radical (unpaired) electrons. The number of ether oxygens (including phenoxy) is 2. The summed E-state index contributed by atoms with van der Waals surface area (Å²) in [7, 11) is 2.96. The van der Waals surface area contributed by atoms with Crippen LogP contribution in [0.2, 0.25) is 0 Å². The Balaban J connectivity index is 2.63. The molecule has 0 atom stereocenters. The number of rotatable bonds is 5. The predicted molar refractivity (Wildman–Crippen MR) is 61.3 cm³/mol. The van der Waals surface area contributed by atoms with E-state index in [2.05, 4.69) is 5.32 Å². The molecule has 0 spiro atoms. The Morgan fingerprint density at radius 3 is 2.53 bits per heavy atom. The highest BCUT2D eigenvalue weighted by Crippen LogP contribution is 2.08. The third-order valence-corrected chi connectivity index (χ3v) is 2.26. The predicted octanol–water partition coefficient (Wildman–Crippen LogP) is 1.48. The van der Waals surface area contributed by atoms with Gasteiger partial charge in [0.2, 0.25) is 0 Å². The average molecular weight is 241 g/mol. The van der Waals surface area contributed by atoms with Crippen molar-refractivity contribution in [3.05, 3.63) is 35.1 Å². The van der Waals surface area contributed by atoms with Gasteiger partial charge in [0, 0.05) is 19.8 Å². The molecule has 0 heterocycles. The lowest BCUT2D eigenvalue weighted by Crippen LogP contribution is -2.34. The molecule has 4 nitrogen and oxygen atoms in total. The quantitative estimate of drug-likeness (QED) is 0.794. The molecular weight excluding hydrogens is 225 g/mol. The fourth-order valence-electron chi connectivity index (χ4n) is 1.41. The maximum absolute atomic E-state index is 13.1. The van der Waals surface area contributed by atoms with Gasteiger partial charge >= 0.3 is 0 Å². The average Bonchev–Trinajstić information content (AvgIpc) is 2.28. The fraction of sp³-hybridized carbons (Fsp3) is 0.417. The van der Waals surface area contributed by atoms with E-state index in [4.69, 9.17) is 9.47 Å². The summed E-state index contributed by atoms with van der Waals surface area (Å²) in [6.07, 6.45) is -0.506. The van der Waals surface area contributed by atoms with Crippen molar-refractivity contribution in [2.24, 2.45) is 0 Å². The molecule has 0 saturated carbocycles. The smallest absolute Gasteiger partial charge is 0.251 e. The molecule has 0 unspecified atom stereocenters. The summed E-state index contributed by atoms with van der Waals surface area (Å²) in [5.41, 5.74) is 0.985. The van der Waals surface area contributed by atoms with Gasteiger partial charge in [0.05, 0.1) is 6.54 Å². The highest BCUT2D eigenvalue weighted by molar-refractivity contribution is 5.94. The maximum atomic E-state index is 13.1. The van der Waals surface area contributed by atoms with E-state index in [9.17, 15) is 9.18 Å². The van der Waals surface area contributed by atoms with Gasteiger partial charge in [0.15, 0.2) is 6.29 Å². The number of nitrogens with one attached hydrogen (secondary N) is 1. The van der Waals surface area contributed by atoms with Gasteiger partial charge in [-0.2, -0.15) is 0 Å². The first-order valence-electron chi connectivity index (χ1n) is 5.17. The third kappa shape index (κ3) is 4.13. The van der Waals surface area contributed by atoms with Crippen LogP contribution in [0.15, 0.2) is 18.2 Å².